The van der Waals surface area contributed by atoms with Gasteiger partial charge in [-0.3, -0.25) is 0 Å². The molecule has 1 unspecified atom stereocenters. The molecule has 0 aliphatic carbocycles. The van der Waals surface area contributed by atoms with E-state index < -0.39 is 0 Å². The zero-order valence-corrected chi connectivity index (χ0v) is 15.2. The highest BCUT2D eigenvalue weighted by atomic mass is 31.1. The largest absolute Gasteiger partial charge is 0.0945 e. The summed E-state index contributed by atoms with van der Waals surface area (Å²) in [6, 6.07) is 32.9. The molecule has 0 saturated heterocycles. The van der Waals surface area contributed by atoms with Gasteiger partial charge in [-0.25, -0.2) is 0 Å². The Labute approximate surface area is 147 Å². The minimum Gasteiger partial charge on any atom is -0.0945 e. The number of benzene rings is 3. The van der Waals surface area contributed by atoms with Crippen LogP contribution in [0, 0.1) is 0 Å². The second kappa shape index (κ2) is 8.81. The third kappa shape index (κ3) is 5.05. The average molecular weight is 332 g/mol. The molecule has 0 spiro atoms. The first-order chi connectivity index (χ1) is 11.8. The second-order valence-electron chi connectivity index (χ2n) is 6.41. The van der Waals surface area contributed by atoms with E-state index in [4.69, 9.17) is 0 Å². The van der Waals surface area contributed by atoms with Crippen molar-refractivity contribution in [1.82, 2.24) is 0 Å². The molecule has 1 atom stereocenters. The molecular weight excluding hydrogens is 307 g/mol. The molecule has 1 heteroatoms. The Morgan fingerprint density at radius 3 is 1.38 bits per heavy atom. The predicted octanol–water partition coefficient (Wildman–Crippen LogP) is 6.50. The molecule has 24 heavy (non-hydrogen) atoms. The average Bonchev–Trinajstić information content (AvgIpc) is 2.64. The number of rotatable bonds is 7. The molecule has 0 radical (unpaired) electrons. The van der Waals surface area contributed by atoms with Crippen molar-refractivity contribution in [1.29, 1.82) is 0 Å². The zero-order chi connectivity index (χ0) is 16.6. The van der Waals surface area contributed by atoms with Gasteiger partial charge in [0.2, 0.25) is 0 Å². The lowest BCUT2D eigenvalue weighted by Gasteiger charge is -2.25. The van der Waals surface area contributed by atoms with Crippen LogP contribution in [-0.4, -0.2) is 5.66 Å². The van der Waals surface area contributed by atoms with Gasteiger partial charge in [-0.05, 0) is 41.1 Å². The SMILES string of the molecule is CC(Cc1ccccc1)P(Cc1ccccc1)Cc1ccccc1. The first-order valence-electron chi connectivity index (χ1n) is 8.67. The quantitative estimate of drug-likeness (QED) is 0.433. The van der Waals surface area contributed by atoms with Crippen LogP contribution in [0.3, 0.4) is 0 Å². The van der Waals surface area contributed by atoms with Crippen LogP contribution >= 0.6 is 7.92 Å². The molecule has 0 saturated carbocycles. The molecule has 0 fully saturated rings. The standard InChI is InChI=1S/C23H25P/c1-20(17-21-11-5-2-6-12-21)24(18-22-13-7-3-8-14-22)19-23-15-9-4-10-16-23/h2-16,20H,17-19H2,1H3. The Kier molecular flexibility index (Phi) is 6.21. The van der Waals surface area contributed by atoms with E-state index in [0.717, 1.165) is 0 Å². The summed E-state index contributed by atoms with van der Waals surface area (Å²) in [6.07, 6.45) is 3.59. The van der Waals surface area contributed by atoms with Gasteiger partial charge in [0.1, 0.15) is 0 Å². The van der Waals surface area contributed by atoms with Gasteiger partial charge in [0.25, 0.3) is 0 Å². The van der Waals surface area contributed by atoms with Gasteiger partial charge in [-0.2, -0.15) is 0 Å². The zero-order valence-electron chi connectivity index (χ0n) is 14.3. The van der Waals surface area contributed by atoms with Crippen molar-refractivity contribution in [2.24, 2.45) is 0 Å². The molecule has 0 amide bonds. The second-order valence-corrected chi connectivity index (χ2v) is 9.11. The maximum absolute atomic E-state index is 2.44. The lowest BCUT2D eigenvalue weighted by atomic mass is 10.1. The topological polar surface area (TPSA) is 0 Å². The summed E-state index contributed by atoms with van der Waals surface area (Å²) in [4.78, 5) is 0. The maximum Gasteiger partial charge on any atom is -0.00676 e. The molecule has 122 valence electrons. The van der Waals surface area contributed by atoms with Gasteiger partial charge >= 0.3 is 0 Å². The van der Waals surface area contributed by atoms with E-state index in [-0.39, 0.29) is 7.92 Å². The summed E-state index contributed by atoms with van der Waals surface area (Å²) >= 11 is 0. The minimum atomic E-state index is -0.0981. The molecule has 0 aliphatic heterocycles. The molecule has 0 N–H and O–H groups in total. The summed E-state index contributed by atoms with van der Waals surface area (Å²) in [5, 5.41) is 0. The Hall–Kier alpha value is -1.91. The predicted molar refractivity (Wildman–Crippen MR) is 107 cm³/mol. The van der Waals surface area contributed by atoms with Gasteiger partial charge in [0.05, 0.1) is 0 Å². The van der Waals surface area contributed by atoms with E-state index in [1.165, 1.54) is 35.4 Å². The van der Waals surface area contributed by atoms with Crippen LogP contribution in [0.25, 0.3) is 0 Å². The van der Waals surface area contributed by atoms with Gasteiger partial charge < -0.3 is 0 Å². The Bertz CT molecular complexity index is 665. The van der Waals surface area contributed by atoms with Crippen LogP contribution in [0.1, 0.15) is 23.6 Å². The van der Waals surface area contributed by atoms with Gasteiger partial charge in [-0.15, -0.1) is 0 Å². The van der Waals surface area contributed by atoms with Crippen molar-refractivity contribution in [2.45, 2.75) is 31.3 Å². The maximum atomic E-state index is 2.44. The first-order valence-corrected chi connectivity index (χ1v) is 10.5. The minimum absolute atomic E-state index is 0.0981. The Morgan fingerprint density at radius 1 is 0.583 bits per heavy atom. The van der Waals surface area contributed by atoms with Crippen molar-refractivity contribution in [3.05, 3.63) is 108 Å². The summed E-state index contributed by atoms with van der Waals surface area (Å²) in [7, 11) is -0.0981. The van der Waals surface area contributed by atoms with E-state index in [9.17, 15) is 0 Å². The monoisotopic (exact) mass is 332 g/mol. The number of hydrogen-bond acceptors (Lipinski definition) is 0. The molecule has 3 aromatic carbocycles. The van der Waals surface area contributed by atoms with Gasteiger partial charge in [0.15, 0.2) is 0 Å². The van der Waals surface area contributed by atoms with Crippen LogP contribution in [0.15, 0.2) is 91.0 Å². The Balaban J connectivity index is 1.75. The van der Waals surface area contributed by atoms with Crippen LogP contribution in [-0.2, 0) is 18.7 Å². The fraction of sp³-hybridized carbons (Fsp3) is 0.217. The van der Waals surface area contributed by atoms with Crippen molar-refractivity contribution in [2.75, 3.05) is 0 Å². The fourth-order valence-electron chi connectivity index (χ4n) is 3.09. The van der Waals surface area contributed by atoms with Gasteiger partial charge in [0, 0.05) is 0 Å². The molecule has 0 aliphatic rings. The highest BCUT2D eigenvalue weighted by molar-refractivity contribution is 7.56. The van der Waals surface area contributed by atoms with Crippen LogP contribution in [0.4, 0.5) is 0 Å². The number of hydrogen-bond donors (Lipinski definition) is 0. The molecule has 0 nitrogen and oxygen atoms in total. The fourth-order valence-corrected chi connectivity index (χ4v) is 5.65. The van der Waals surface area contributed by atoms with Crippen molar-refractivity contribution < 1.29 is 0 Å². The first kappa shape index (κ1) is 16.9. The molecule has 3 aromatic rings. The highest BCUT2D eigenvalue weighted by Gasteiger charge is 2.18. The Morgan fingerprint density at radius 2 is 0.958 bits per heavy atom. The summed E-state index contributed by atoms with van der Waals surface area (Å²) in [5.74, 6) is 0. The summed E-state index contributed by atoms with van der Waals surface area (Å²) in [5.41, 5.74) is 5.11. The normalized spacial score (nSPS) is 12.2. The van der Waals surface area contributed by atoms with Crippen LogP contribution in [0.2, 0.25) is 0 Å². The van der Waals surface area contributed by atoms with E-state index >= 15 is 0 Å². The third-order valence-electron chi connectivity index (χ3n) is 4.45. The highest BCUT2D eigenvalue weighted by Crippen LogP contribution is 2.49. The van der Waals surface area contributed by atoms with E-state index in [2.05, 4.69) is 97.9 Å². The lowest BCUT2D eigenvalue weighted by Crippen LogP contribution is -2.08. The van der Waals surface area contributed by atoms with E-state index in [1.54, 1.807) is 0 Å². The molecule has 3 rings (SSSR count). The van der Waals surface area contributed by atoms with Crippen LogP contribution < -0.4 is 0 Å². The van der Waals surface area contributed by atoms with Crippen LogP contribution in [0.5, 0.6) is 0 Å². The van der Waals surface area contributed by atoms with E-state index in [1.807, 2.05) is 0 Å². The lowest BCUT2D eigenvalue weighted by molar-refractivity contribution is 0.916. The third-order valence-corrected chi connectivity index (χ3v) is 7.43. The summed E-state index contributed by atoms with van der Waals surface area (Å²) in [6.45, 7) is 2.44. The molecule has 0 bridgehead atoms. The van der Waals surface area contributed by atoms with Crippen molar-refractivity contribution >= 4 is 7.92 Å². The van der Waals surface area contributed by atoms with E-state index in [0.29, 0.717) is 5.66 Å². The van der Waals surface area contributed by atoms with Crippen molar-refractivity contribution in [3.63, 3.8) is 0 Å². The molecule has 0 aromatic heterocycles. The molecule has 0 heterocycles. The van der Waals surface area contributed by atoms with Gasteiger partial charge in [-0.1, -0.05) is 106 Å². The summed E-state index contributed by atoms with van der Waals surface area (Å²) < 4.78 is 0. The molecular formula is C23H25P. The van der Waals surface area contributed by atoms with Crippen molar-refractivity contribution in [3.8, 4) is 0 Å². The smallest absolute Gasteiger partial charge is 0.00676 e.